The number of aromatic amines is 1. The van der Waals surface area contributed by atoms with Gasteiger partial charge in [-0.1, -0.05) is 12.2 Å². The van der Waals surface area contributed by atoms with Crippen LogP contribution in [0, 0.1) is 0 Å². The van der Waals surface area contributed by atoms with Crippen molar-refractivity contribution < 1.29 is 4.74 Å². The Bertz CT molecular complexity index is 698. The van der Waals surface area contributed by atoms with E-state index in [1.54, 1.807) is 18.8 Å². The molecule has 1 N–H and O–H groups in total. The number of rotatable bonds is 4. The molecule has 1 aliphatic heterocycles. The van der Waals surface area contributed by atoms with Crippen LogP contribution in [0.25, 0.3) is 11.0 Å². The van der Waals surface area contributed by atoms with Gasteiger partial charge in [-0.2, -0.15) is 0 Å². The number of piperazine rings is 1. The smallest absolute Gasteiger partial charge is 0.142 e. The predicted molar refractivity (Wildman–Crippen MR) is 89.2 cm³/mol. The maximum Gasteiger partial charge on any atom is 0.142 e. The van der Waals surface area contributed by atoms with Crippen molar-refractivity contribution in [3.05, 3.63) is 18.6 Å². The summed E-state index contributed by atoms with van der Waals surface area (Å²) in [4.78, 5) is 16.7. The van der Waals surface area contributed by atoms with E-state index in [0.29, 0.717) is 0 Å². The first kappa shape index (κ1) is 14.0. The molecule has 1 saturated carbocycles. The topological polar surface area (TPSA) is 57.3 Å². The van der Waals surface area contributed by atoms with E-state index in [4.69, 9.17) is 17.0 Å². The zero-order valence-corrected chi connectivity index (χ0v) is 13.3. The first-order valence-corrected chi connectivity index (χ1v) is 8.02. The largest absolute Gasteiger partial charge is 0.362 e. The number of H-pyrrole nitrogens is 1. The standard InChI is InChI=1S/C15H19N5OS/c1-21-12(8-22)20-7-6-19(9-15(20)3-4-15)14-11-2-5-16-13(11)17-10-18-14/h2,5,8,10,12H,3-4,6-7,9H2,1H3,(H,16,17,18). The maximum absolute atomic E-state index is 5.53. The summed E-state index contributed by atoms with van der Waals surface area (Å²) in [5, 5.41) is 2.81. The van der Waals surface area contributed by atoms with Crippen molar-refractivity contribution in [2.24, 2.45) is 0 Å². The van der Waals surface area contributed by atoms with Crippen LogP contribution < -0.4 is 4.90 Å². The molecule has 0 aromatic carbocycles. The van der Waals surface area contributed by atoms with E-state index in [1.807, 2.05) is 12.3 Å². The minimum Gasteiger partial charge on any atom is -0.362 e. The van der Waals surface area contributed by atoms with Gasteiger partial charge in [-0.3, -0.25) is 4.90 Å². The monoisotopic (exact) mass is 317 g/mol. The van der Waals surface area contributed by atoms with Gasteiger partial charge in [0.25, 0.3) is 0 Å². The number of nitrogens with one attached hydrogen (secondary N) is 1. The van der Waals surface area contributed by atoms with E-state index in [2.05, 4.69) is 24.8 Å². The van der Waals surface area contributed by atoms with Crippen LogP contribution in [0.4, 0.5) is 5.82 Å². The molecular weight excluding hydrogens is 298 g/mol. The molecule has 2 aliphatic rings. The average molecular weight is 317 g/mol. The van der Waals surface area contributed by atoms with Gasteiger partial charge >= 0.3 is 0 Å². The van der Waals surface area contributed by atoms with Gasteiger partial charge in [0.2, 0.25) is 0 Å². The summed E-state index contributed by atoms with van der Waals surface area (Å²) in [5.41, 5.74) is 1.08. The van der Waals surface area contributed by atoms with E-state index in [9.17, 15) is 0 Å². The summed E-state index contributed by atoms with van der Waals surface area (Å²) in [6.45, 7) is 2.82. The summed E-state index contributed by atoms with van der Waals surface area (Å²) in [6.07, 6.45) is 5.85. The Hall–Kier alpha value is -1.57. The van der Waals surface area contributed by atoms with Gasteiger partial charge in [0, 0.05) is 43.8 Å². The molecule has 2 aromatic rings. The minimum atomic E-state index is -0.0719. The van der Waals surface area contributed by atoms with Crippen molar-refractivity contribution in [2.75, 3.05) is 31.6 Å². The van der Waals surface area contributed by atoms with Crippen LogP contribution in [0.5, 0.6) is 0 Å². The first-order valence-electron chi connectivity index (χ1n) is 7.55. The molecule has 7 heteroatoms. The summed E-state index contributed by atoms with van der Waals surface area (Å²) >= 11 is 5.13. The zero-order valence-electron chi connectivity index (χ0n) is 12.5. The van der Waals surface area contributed by atoms with Crippen LogP contribution in [0.1, 0.15) is 12.8 Å². The molecule has 2 fully saturated rings. The Labute approximate surface area is 134 Å². The van der Waals surface area contributed by atoms with Crippen molar-refractivity contribution in [1.82, 2.24) is 19.9 Å². The lowest BCUT2D eigenvalue weighted by Crippen LogP contribution is -2.59. The van der Waals surface area contributed by atoms with Crippen molar-refractivity contribution in [1.29, 1.82) is 0 Å². The highest BCUT2D eigenvalue weighted by atomic mass is 32.1. The number of aromatic nitrogens is 3. The predicted octanol–water partition coefficient (Wildman–Crippen LogP) is 1.58. The van der Waals surface area contributed by atoms with Gasteiger partial charge in [-0.25, -0.2) is 9.97 Å². The molecule has 2 aromatic heterocycles. The van der Waals surface area contributed by atoms with Gasteiger partial charge in [-0.05, 0) is 18.9 Å². The van der Waals surface area contributed by atoms with Crippen LogP contribution >= 0.6 is 12.2 Å². The molecule has 1 atom stereocenters. The number of nitrogens with zero attached hydrogens (tertiary/aromatic N) is 4. The van der Waals surface area contributed by atoms with E-state index >= 15 is 0 Å². The van der Waals surface area contributed by atoms with Crippen LogP contribution in [0.15, 0.2) is 18.6 Å². The van der Waals surface area contributed by atoms with Gasteiger partial charge < -0.3 is 14.6 Å². The van der Waals surface area contributed by atoms with Crippen LogP contribution in [-0.2, 0) is 4.74 Å². The Morgan fingerprint density at radius 1 is 1.41 bits per heavy atom. The van der Waals surface area contributed by atoms with E-state index in [0.717, 1.165) is 36.5 Å². The molecule has 0 bridgehead atoms. The maximum atomic E-state index is 5.53. The highest BCUT2D eigenvalue weighted by Crippen LogP contribution is 2.46. The summed E-state index contributed by atoms with van der Waals surface area (Å²) in [7, 11) is 1.73. The SMILES string of the molecule is COC(C=S)N1CCN(c2ncnc3[nH]ccc23)CC12CC2. The molecule has 4 rings (SSSR count). The van der Waals surface area contributed by atoms with E-state index in [1.165, 1.54) is 12.8 Å². The van der Waals surface area contributed by atoms with Crippen LogP contribution in [0.3, 0.4) is 0 Å². The molecule has 116 valence electrons. The third-order valence-corrected chi connectivity index (χ3v) is 5.06. The lowest BCUT2D eigenvalue weighted by molar-refractivity contribution is -0.0198. The summed E-state index contributed by atoms with van der Waals surface area (Å²) < 4.78 is 5.53. The quantitative estimate of drug-likeness (QED) is 0.864. The normalized spacial score (nSPS) is 22.1. The summed E-state index contributed by atoms with van der Waals surface area (Å²) in [5.74, 6) is 1.02. The third-order valence-electron chi connectivity index (χ3n) is 4.83. The number of thiocarbonyl (C=S) groups is 1. The zero-order chi connectivity index (χ0) is 15.2. The molecule has 1 unspecified atom stereocenters. The number of fused-ring (bicyclic) bond motifs is 1. The van der Waals surface area contributed by atoms with Crippen molar-refractivity contribution in [2.45, 2.75) is 24.6 Å². The fraction of sp³-hybridized carbons (Fsp3) is 0.533. The molecular formula is C15H19N5OS. The number of anilines is 1. The van der Waals surface area contributed by atoms with E-state index in [-0.39, 0.29) is 11.8 Å². The van der Waals surface area contributed by atoms with Crippen molar-refractivity contribution in [3.63, 3.8) is 0 Å². The van der Waals surface area contributed by atoms with E-state index < -0.39 is 0 Å². The van der Waals surface area contributed by atoms with Crippen LogP contribution in [0.2, 0.25) is 0 Å². The van der Waals surface area contributed by atoms with Crippen molar-refractivity contribution in [3.8, 4) is 0 Å². The molecule has 1 saturated heterocycles. The van der Waals surface area contributed by atoms with Gasteiger partial charge in [0.1, 0.15) is 24.0 Å². The van der Waals surface area contributed by atoms with Crippen LogP contribution in [-0.4, -0.2) is 63.7 Å². The molecule has 3 heterocycles. The Morgan fingerprint density at radius 3 is 3.00 bits per heavy atom. The summed E-state index contributed by atoms with van der Waals surface area (Å²) in [6, 6.07) is 2.05. The Balaban J connectivity index is 1.62. The number of ether oxygens (including phenoxy) is 1. The molecule has 22 heavy (non-hydrogen) atoms. The van der Waals surface area contributed by atoms with Gasteiger partial charge in [-0.15, -0.1) is 0 Å². The second kappa shape index (κ2) is 5.26. The van der Waals surface area contributed by atoms with Gasteiger partial charge in [0.05, 0.1) is 5.39 Å². The molecule has 6 nitrogen and oxygen atoms in total. The first-order chi connectivity index (χ1) is 10.8. The Kier molecular flexibility index (Phi) is 3.36. The fourth-order valence-electron chi connectivity index (χ4n) is 3.53. The minimum absolute atomic E-state index is 0.0719. The Morgan fingerprint density at radius 2 is 2.27 bits per heavy atom. The molecule has 1 spiro atoms. The highest BCUT2D eigenvalue weighted by molar-refractivity contribution is 7.79. The number of hydrogen-bond donors (Lipinski definition) is 1. The lowest BCUT2D eigenvalue weighted by atomic mass is 10.1. The third kappa shape index (κ3) is 2.12. The second-order valence-electron chi connectivity index (χ2n) is 6.04. The van der Waals surface area contributed by atoms with Gasteiger partial charge in [0.15, 0.2) is 0 Å². The molecule has 0 radical (unpaired) electrons. The number of methoxy groups -OCH3 is 1. The highest BCUT2D eigenvalue weighted by Gasteiger charge is 2.53. The second-order valence-corrected chi connectivity index (χ2v) is 6.31. The average Bonchev–Trinajstić information content (AvgIpc) is 3.13. The number of hydrogen-bond acceptors (Lipinski definition) is 6. The lowest BCUT2D eigenvalue weighted by Gasteiger charge is -2.44. The fourth-order valence-corrected chi connectivity index (χ4v) is 3.78. The van der Waals surface area contributed by atoms with Crippen molar-refractivity contribution >= 4 is 34.4 Å². The molecule has 1 aliphatic carbocycles. The molecule has 0 amide bonds.